The Balaban J connectivity index is 2.71. The molecule has 0 amide bonds. The molecule has 0 saturated heterocycles. The highest BCUT2D eigenvalue weighted by Crippen LogP contribution is 2.21. The van der Waals surface area contributed by atoms with Gasteiger partial charge in [0.15, 0.2) is 6.29 Å². The first-order valence-electron chi connectivity index (χ1n) is 4.99. The van der Waals surface area contributed by atoms with Crippen LogP contribution in [0.15, 0.2) is 11.9 Å². The maximum absolute atomic E-state index is 2.44. The number of rotatable bonds is 3. The molecule has 0 aliphatic carbocycles. The summed E-state index contributed by atoms with van der Waals surface area (Å²) in [6.07, 6.45) is 2.61. The monoisotopic (exact) mass is 183 g/mol. The van der Waals surface area contributed by atoms with Crippen molar-refractivity contribution in [2.45, 2.75) is 27.1 Å². The second kappa shape index (κ2) is 4.01. The van der Waals surface area contributed by atoms with Crippen LogP contribution in [-0.4, -0.2) is 48.2 Å². The van der Waals surface area contributed by atoms with Crippen LogP contribution in [0, 0.1) is 0 Å². The number of nitrogens with zero attached hydrogens (tertiary/aromatic N) is 3. The lowest BCUT2D eigenvalue weighted by Gasteiger charge is -2.37. The molecule has 0 saturated carbocycles. The van der Waals surface area contributed by atoms with E-state index in [0.29, 0.717) is 6.29 Å². The molecule has 0 fully saturated rings. The van der Waals surface area contributed by atoms with E-state index in [4.69, 9.17) is 0 Å². The Kier molecular flexibility index (Phi) is 3.20. The van der Waals surface area contributed by atoms with E-state index >= 15 is 0 Å². The van der Waals surface area contributed by atoms with Crippen LogP contribution in [0.1, 0.15) is 20.8 Å². The molecule has 0 aromatic rings. The van der Waals surface area contributed by atoms with E-state index < -0.39 is 0 Å². The molecule has 76 valence electrons. The summed E-state index contributed by atoms with van der Waals surface area (Å²) in [5.74, 6) is 0. The highest BCUT2D eigenvalue weighted by molar-refractivity contribution is 5.04. The molecule has 1 atom stereocenters. The van der Waals surface area contributed by atoms with Crippen molar-refractivity contribution < 1.29 is 0 Å². The Morgan fingerprint density at radius 1 is 1.31 bits per heavy atom. The standard InChI is InChI=1S/C10H21N3/c1-6-13(7-2)10-11(4)8-9(3)12(10)5/h8,10H,6-7H2,1-5H3. The molecule has 0 spiro atoms. The number of hydrogen-bond acceptors (Lipinski definition) is 3. The molecule has 1 unspecified atom stereocenters. The van der Waals surface area contributed by atoms with Crippen molar-refractivity contribution in [3.05, 3.63) is 11.9 Å². The maximum Gasteiger partial charge on any atom is 0.159 e. The Labute approximate surface area is 81.6 Å². The highest BCUT2D eigenvalue weighted by Gasteiger charge is 2.28. The van der Waals surface area contributed by atoms with E-state index in [2.05, 4.69) is 55.8 Å². The van der Waals surface area contributed by atoms with Gasteiger partial charge in [0.25, 0.3) is 0 Å². The van der Waals surface area contributed by atoms with Crippen LogP contribution in [0.5, 0.6) is 0 Å². The van der Waals surface area contributed by atoms with Gasteiger partial charge in [0.2, 0.25) is 0 Å². The summed E-state index contributed by atoms with van der Waals surface area (Å²) in [6, 6.07) is 0. The minimum atomic E-state index is 0.412. The Morgan fingerprint density at radius 3 is 2.15 bits per heavy atom. The van der Waals surface area contributed by atoms with Crippen molar-refractivity contribution in [1.82, 2.24) is 14.7 Å². The van der Waals surface area contributed by atoms with Crippen molar-refractivity contribution >= 4 is 0 Å². The Bertz CT molecular complexity index is 196. The van der Waals surface area contributed by atoms with Crippen molar-refractivity contribution in [3.63, 3.8) is 0 Å². The average Bonchev–Trinajstić information content (AvgIpc) is 2.34. The third-order valence-corrected chi connectivity index (χ3v) is 2.80. The summed E-state index contributed by atoms with van der Waals surface area (Å²) >= 11 is 0. The molecule has 0 N–H and O–H groups in total. The van der Waals surface area contributed by atoms with Gasteiger partial charge >= 0.3 is 0 Å². The normalized spacial score (nSPS) is 22.9. The molecule has 1 aliphatic heterocycles. The molecular formula is C10H21N3. The predicted molar refractivity (Wildman–Crippen MR) is 56.0 cm³/mol. The fourth-order valence-corrected chi connectivity index (χ4v) is 1.96. The van der Waals surface area contributed by atoms with Gasteiger partial charge in [0, 0.05) is 26.0 Å². The van der Waals surface area contributed by atoms with Crippen LogP contribution in [0.25, 0.3) is 0 Å². The van der Waals surface area contributed by atoms with Crippen molar-refractivity contribution in [2.75, 3.05) is 27.2 Å². The molecule has 13 heavy (non-hydrogen) atoms. The largest absolute Gasteiger partial charge is 0.347 e. The highest BCUT2D eigenvalue weighted by atomic mass is 15.5. The lowest BCUT2D eigenvalue weighted by molar-refractivity contribution is 0.0226. The summed E-state index contributed by atoms with van der Waals surface area (Å²) in [4.78, 5) is 7.02. The van der Waals surface area contributed by atoms with Gasteiger partial charge in [-0.1, -0.05) is 13.8 Å². The molecule has 1 rings (SSSR count). The van der Waals surface area contributed by atoms with E-state index in [9.17, 15) is 0 Å². The summed E-state index contributed by atoms with van der Waals surface area (Å²) in [5, 5.41) is 0. The van der Waals surface area contributed by atoms with Crippen LogP contribution in [0.3, 0.4) is 0 Å². The maximum atomic E-state index is 2.44. The summed E-state index contributed by atoms with van der Waals surface area (Å²) in [6.45, 7) is 8.76. The van der Waals surface area contributed by atoms with Gasteiger partial charge in [-0.3, -0.25) is 4.90 Å². The van der Waals surface area contributed by atoms with Crippen LogP contribution >= 0.6 is 0 Å². The summed E-state index contributed by atoms with van der Waals surface area (Å²) in [7, 11) is 4.29. The zero-order valence-electron chi connectivity index (χ0n) is 9.41. The smallest absolute Gasteiger partial charge is 0.159 e. The van der Waals surface area contributed by atoms with Gasteiger partial charge in [0.05, 0.1) is 0 Å². The fraction of sp³-hybridized carbons (Fsp3) is 0.800. The van der Waals surface area contributed by atoms with Crippen LogP contribution in [0.2, 0.25) is 0 Å². The first-order valence-corrected chi connectivity index (χ1v) is 4.99. The van der Waals surface area contributed by atoms with E-state index in [1.165, 1.54) is 5.70 Å². The predicted octanol–water partition coefficient (Wildman–Crippen LogP) is 1.35. The fourth-order valence-electron chi connectivity index (χ4n) is 1.96. The van der Waals surface area contributed by atoms with E-state index in [1.807, 2.05) is 0 Å². The molecule has 0 aromatic carbocycles. The van der Waals surface area contributed by atoms with Crippen LogP contribution in [0.4, 0.5) is 0 Å². The van der Waals surface area contributed by atoms with Gasteiger partial charge in [-0.15, -0.1) is 0 Å². The Morgan fingerprint density at radius 2 is 1.85 bits per heavy atom. The third-order valence-electron chi connectivity index (χ3n) is 2.80. The first-order chi connectivity index (χ1) is 6.11. The molecule has 0 radical (unpaired) electrons. The molecule has 1 aliphatic rings. The van der Waals surface area contributed by atoms with Gasteiger partial charge in [-0.25, -0.2) is 0 Å². The average molecular weight is 183 g/mol. The van der Waals surface area contributed by atoms with E-state index in [0.717, 1.165) is 13.1 Å². The lowest BCUT2D eigenvalue weighted by atomic mass is 10.4. The first kappa shape index (κ1) is 10.4. The van der Waals surface area contributed by atoms with Crippen molar-refractivity contribution in [1.29, 1.82) is 0 Å². The van der Waals surface area contributed by atoms with Crippen molar-refractivity contribution in [3.8, 4) is 0 Å². The van der Waals surface area contributed by atoms with Gasteiger partial charge < -0.3 is 9.80 Å². The Hall–Kier alpha value is -0.700. The topological polar surface area (TPSA) is 9.72 Å². The lowest BCUT2D eigenvalue weighted by Crippen LogP contribution is -2.49. The van der Waals surface area contributed by atoms with E-state index in [1.54, 1.807) is 0 Å². The molecular weight excluding hydrogens is 162 g/mol. The van der Waals surface area contributed by atoms with Crippen molar-refractivity contribution in [2.24, 2.45) is 0 Å². The molecule has 1 heterocycles. The van der Waals surface area contributed by atoms with Crippen LogP contribution in [-0.2, 0) is 0 Å². The van der Waals surface area contributed by atoms with Gasteiger partial charge in [-0.05, 0) is 20.0 Å². The third kappa shape index (κ3) is 1.80. The van der Waals surface area contributed by atoms with Gasteiger partial charge in [-0.2, -0.15) is 0 Å². The zero-order valence-corrected chi connectivity index (χ0v) is 9.41. The quantitative estimate of drug-likeness (QED) is 0.654. The molecule has 3 heteroatoms. The minimum absolute atomic E-state index is 0.412. The number of allylic oxidation sites excluding steroid dienone is 1. The summed E-state index contributed by atoms with van der Waals surface area (Å²) < 4.78 is 0. The summed E-state index contributed by atoms with van der Waals surface area (Å²) in [5.41, 5.74) is 1.33. The zero-order chi connectivity index (χ0) is 10.0. The van der Waals surface area contributed by atoms with Crippen LogP contribution < -0.4 is 0 Å². The second-order valence-corrected chi connectivity index (χ2v) is 3.61. The number of hydrogen-bond donors (Lipinski definition) is 0. The van der Waals surface area contributed by atoms with E-state index in [-0.39, 0.29) is 0 Å². The van der Waals surface area contributed by atoms with Gasteiger partial charge in [0.1, 0.15) is 0 Å². The minimum Gasteiger partial charge on any atom is -0.347 e. The molecule has 0 aromatic heterocycles. The molecule has 0 bridgehead atoms. The SMILES string of the molecule is CCN(CC)C1N(C)C=C(C)N1C. The second-order valence-electron chi connectivity index (χ2n) is 3.61. The molecule has 3 nitrogen and oxygen atoms in total.